The second-order valence-corrected chi connectivity index (χ2v) is 8.23. The molecule has 27 heavy (non-hydrogen) atoms. The highest BCUT2D eigenvalue weighted by atomic mass is 16.5. The SMILES string of the molecule is C=CC(=O)OCC(CCCCCCCCC)CCCCCCCCCCC. The number of carbonyl (C=O) groups is 1. The van der Waals surface area contributed by atoms with E-state index < -0.39 is 0 Å². The number of rotatable bonds is 21. The Morgan fingerprint density at radius 1 is 0.704 bits per heavy atom. The van der Waals surface area contributed by atoms with E-state index in [2.05, 4.69) is 20.4 Å². The number of esters is 1. The van der Waals surface area contributed by atoms with Crippen LogP contribution in [0, 0.1) is 5.92 Å². The molecule has 1 atom stereocenters. The van der Waals surface area contributed by atoms with Crippen molar-refractivity contribution in [3.63, 3.8) is 0 Å². The first-order valence-corrected chi connectivity index (χ1v) is 12.0. The van der Waals surface area contributed by atoms with Crippen molar-refractivity contribution in [2.45, 2.75) is 129 Å². The molecule has 0 aromatic rings. The van der Waals surface area contributed by atoms with E-state index in [0.717, 1.165) is 0 Å². The summed E-state index contributed by atoms with van der Waals surface area (Å²) in [5.74, 6) is 0.265. The molecule has 0 spiro atoms. The third-order valence-corrected chi connectivity index (χ3v) is 5.56. The van der Waals surface area contributed by atoms with Crippen molar-refractivity contribution in [1.82, 2.24) is 0 Å². The molecule has 0 rings (SSSR count). The van der Waals surface area contributed by atoms with Gasteiger partial charge in [0, 0.05) is 6.08 Å². The molecule has 0 heterocycles. The Kier molecular flexibility index (Phi) is 20.9. The summed E-state index contributed by atoms with van der Waals surface area (Å²) >= 11 is 0. The lowest BCUT2D eigenvalue weighted by Gasteiger charge is -2.16. The van der Waals surface area contributed by atoms with E-state index in [0.29, 0.717) is 12.5 Å². The van der Waals surface area contributed by atoms with Crippen LogP contribution in [0.4, 0.5) is 0 Å². The van der Waals surface area contributed by atoms with Crippen molar-refractivity contribution >= 4 is 5.97 Å². The molecule has 0 aliphatic carbocycles. The van der Waals surface area contributed by atoms with Gasteiger partial charge in [0.05, 0.1) is 6.61 Å². The molecule has 0 aromatic heterocycles. The average molecular weight is 381 g/mol. The summed E-state index contributed by atoms with van der Waals surface area (Å²) in [7, 11) is 0. The molecule has 2 nitrogen and oxygen atoms in total. The molecule has 0 aromatic carbocycles. The molecular formula is C25H48O2. The Labute approximate surface area is 170 Å². The molecule has 0 amide bonds. The molecule has 0 fully saturated rings. The molecule has 0 bridgehead atoms. The first kappa shape index (κ1) is 26.2. The predicted octanol–water partition coefficient (Wildman–Crippen LogP) is 8.39. The second kappa shape index (κ2) is 21.5. The zero-order valence-electron chi connectivity index (χ0n) is 18.6. The predicted molar refractivity (Wildman–Crippen MR) is 119 cm³/mol. The summed E-state index contributed by atoms with van der Waals surface area (Å²) in [6.45, 7) is 8.62. The van der Waals surface area contributed by atoms with Gasteiger partial charge < -0.3 is 4.74 Å². The quantitative estimate of drug-likeness (QED) is 0.113. The van der Waals surface area contributed by atoms with Crippen molar-refractivity contribution < 1.29 is 9.53 Å². The Balaban J connectivity index is 3.79. The van der Waals surface area contributed by atoms with Crippen LogP contribution >= 0.6 is 0 Å². The lowest BCUT2D eigenvalue weighted by Crippen LogP contribution is -2.13. The van der Waals surface area contributed by atoms with Crippen LogP contribution < -0.4 is 0 Å². The molecule has 0 aliphatic heterocycles. The monoisotopic (exact) mass is 380 g/mol. The molecule has 1 unspecified atom stereocenters. The van der Waals surface area contributed by atoms with Crippen molar-refractivity contribution in [2.24, 2.45) is 5.92 Å². The van der Waals surface area contributed by atoms with Crippen molar-refractivity contribution in [3.8, 4) is 0 Å². The van der Waals surface area contributed by atoms with Crippen LogP contribution in [-0.4, -0.2) is 12.6 Å². The lowest BCUT2D eigenvalue weighted by atomic mass is 9.94. The highest BCUT2D eigenvalue weighted by molar-refractivity contribution is 5.81. The molecular weight excluding hydrogens is 332 g/mol. The van der Waals surface area contributed by atoms with E-state index in [-0.39, 0.29) is 5.97 Å². The van der Waals surface area contributed by atoms with E-state index in [1.165, 1.54) is 122 Å². The summed E-state index contributed by atoms with van der Waals surface area (Å²) < 4.78 is 5.34. The second-order valence-electron chi connectivity index (χ2n) is 8.23. The Morgan fingerprint density at radius 2 is 1.07 bits per heavy atom. The van der Waals surface area contributed by atoms with Gasteiger partial charge >= 0.3 is 5.97 Å². The molecule has 0 saturated carbocycles. The average Bonchev–Trinajstić information content (AvgIpc) is 2.69. The standard InChI is InChI=1S/C25H48O2/c1-4-7-9-11-13-14-16-18-20-22-24(23-27-25(26)6-3)21-19-17-15-12-10-8-5-2/h6,24H,3-5,7-23H2,1-2H3. The van der Waals surface area contributed by atoms with Gasteiger partial charge in [0.25, 0.3) is 0 Å². The van der Waals surface area contributed by atoms with Crippen molar-refractivity contribution in [1.29, 1.82) is 0 Å². The normalized spacial score (nSPS) is 12.1. The Bertz CT molecular complexity index is 324. The van der Waals surface area contributed by atoms with Gasteiger partial charge in [0.1, 0.15) is 0 Å². The third kappa shape index (κ3) is 19.8. The summed E-state index contributed by atoms with van der Waals surface area (Å²) in [5.41, 5.74) is 0. The summed E-state index contributed by atoms with van der Waals surface area (Å²) in [6.07, 6.45) is 25.4. The number of hydrogen-bond donors (Lipinski definition) is 0. The van der Waals surface area contributed by atoms with Crippen LogP contribution in [0.25, 0.3) is 0 Å². The maximum Gasteiger partial charge on any atom is 0.330 e. The van der Waals surface area contributed by atoms with Gasteiger partial charge in [0.2, 0.25) is 0 Å². The fourth-order valence-corrected chi connectivity index (χ4v) is 3.70. The van der Waals surface area contributed by atoms with E-state index in [4.69, 9.17) is 4.74 Å². The lowest BCUT2D eigenvalue weighted by molar-refractivity contribution is -0.139. The van der Waals surface area contributed by atoms with Crippen LogP contribution in [-0.2, 0) is 9.53 Å². The molecule has 0 aliphatic rings. The Morgan fingerprint density at radius 3 is 1.44 bits per heavy atom. The van der Waals surface area contributed by atoms with Gasteiger partial charge in [-0.2, -0.15) is 0 Å². The minimum Gasteiger partial charge on any atom is -0.462 e. The van der Waals surface area contributed by atoms with Crippen molar-refractivity contribution in [3.05, 3.63) is 12.7 Å². The number of ether oxygens (including phenoxy) is 1. The highest BCUT2D eigenvalue weighted by Gasteiger charge is 2.11. The van der Waals surface area contributed by atoms with E-state index in [1.54, 1.807) is 0 Å². The summed E-state index contributed by atoms with van der Waals surface area (Å²) in [5, 5.41) is 0. The minimum atomic E-state index is -0.272. The largest absolute Gasteiger partial charge is 0.462 e. The van der Waals surface area contributed by atoms with Crippen molar-refractivity contribution in [2.75, 3.05) is 6.61 Å². The fourth-order valence-electron chi connectivity index (χ4n) is 3.70. The first-order chi connectivity index (χ1) is 13.2. The maximum absolute atomic E-state index is 11.4. The smallest absolute Gasteiger partial charge is 0.330 e. The zero-order chi connectivity index (χ0) is 20.0. The summed E-state index contributed by atoms with van der Waals surface area (Å²) in [4.78, 5) is 11.4. The van der Waals surface area contributed by atoms with Gasteiger partial charge in [-0.3, -0.25) is 0 Å². The van der Waals surface area contributed by atoms with E-state index in [1.807, 2.05) is 0 Å². The van der Waals surface area contributed by atoms with Gasteiger partial charge in [0.15, 0.2) is 0 Å². The molecule has 0 saturated heterocycles. The van der Waals surface area contributed by atoms with Crippen LogP contribution in [0.2, 0.25) is 0 Å². The van der Waals surface area contributed by atoms with Crippen LogP contribution in [0.15, 0.2) is 12.7 Å². The van der Waals surface area contributed by atoms with Gasteiger partial charge in [-0.15, -0.1) is 0 Å². The minimum absolute atomic E-state index is 0.272. The molecule has 0 radical (unpaired) electrons. The van der Waals surface area contributed by atoms with Gasteiger partial charge in [-0.25, -0.2) is 4.79 Å². The molecule has 0 N–H and O–H groups in total. The fraction of sp³-hybridized carbons (Fsp3) is 0.880. The number of carbonyl (C=O) groups excluding carboxylic acids is 1. The van der Waals surface area contributed by atoms with Crippen LogP contribution in [0.3, 0.4) is 0 Å². The van der Waals surface area contributed by atoms with Gasteiger partial charge in [-0.05, 0) is 18.8 Å². The van der Waals surface area contributed by atoms with E-state index >= 15 is 0 Å². The maximum atomic E-state index is 11.4. The first-order valence-electron chi connectivity index (χ1n) is 12.0. The number of hydrogen-bond acceptors (Lipinski definition) is 2. The molecule has 2 heteroatoms. The topological polar surface area (TPSA) is 26.3 Å². The van der Waals surface area contributed by atoms with Gasteiger partial charge in [-0.1, -0.05) is 123 Å². The van der Waals surface area contributed by atoms with Crippen LogP contribution in [0.1, 0.15) is 129 Å². The molecule has 160 valence electrons. The highest BCUT2D eigenvalue weighted by Crippen LogP contribution is 2.20. The van der Waals surface area contributed by atoms with E-state index in [9.17, 15) is 4.79 Å². The zero-order valence-corrected chi connectivity index (χ0v) is 18.6. The number of unbranched alkanes of at least 4 members (excludes halogenated alkanes) is 14. The third-order valence-electron chi connectivity index (χ3n) is 5.56. The summed E-state index contributed by atoms with van der Waals surface area (Å²) in [6, 6.07) is 0. The van der Waals surface area contributed by atoms with Crippen LogP contribution in [0.5, 0.6) is 0 Å². The Hall–Kier alpha value is -0.790.